The third-order valence-electron chi connectivity index (χ3n) is 5.88. The molecule has 0 N–H and O–H groups in total. The zero-order valence-electron chi connectivity index (χ0n) is 19.2. The van der Waals surface area contributed by atoms with E-state index in [1.165, 1.54) is 42.6 Å². The van der Waals surface area contributed by atoms with Gasteiger partial charge in [-0.3, -0.25) is 4.98 Å². The normalized spacial score (nSPS) is 12.3. The van der Waals surface area contributed by atoms with Gasteiger partial charge in [-0.05, 0) is 48.4 Å². The Morgan fingerprint density at radius 3 is 1.95 bits per heavy atom. The maximum Gasteiger partial charge on any atom is 0.416 e. The second kappa shape index (κ2) is 10.2. The molecule has 0 saturated heterocycles. The Balaban J connectivity index is 1.75. The Morgan fingerprint density at radius 2 is 1.43 bits per heavy atom. The van der Waals surface area contributed by atoms with E-state index >= 15 is 0 Å². The quantitative estimate of drug-likeness (QED) is 0.183. The number of nitrogens with zero attached hydrogens (tertiary/aromatic N) is 2. The highest BCUT2D eigenvalue weighted by Crippen LogP contribution is 2.37. The summed E-state index contributed by atoms with van der Waals surface area (Å²) in [6.07, 6.45) is -7.68. The number of rotatable bonds is 6. The zero-order chi connectivity index (χ0) is 27.0. The fourth-order valence-electron chi connectivity index (χ4n) is 4.13. The van der Waals surface area contributed by atoms with Gasteiger partial charge in [0.2, 0.25) is 7.28 Å². The molecule has 0 amide bonds. The minimum Gasteiger partial charge on any atom is -0.308 e. The SMILES string of the molecule is Cc1cnc([B]CC(c2cccc(C(F)(F)F)c2)c2cccc(C(F)(F)F)c2)n1-c1ccc(F)cc1Cl. The molecule has 1 radical (unpaired) electrons. The van der Waals surface area contributed by atoms with Crippen LogP contribution in [0.4, 0.5) is 30.7 Å². The molecule has 0 saturated carbocycles. The van der Waals surface area contributed by atoms with Crippen LogP contribution in [0.5, 0.6) is 0 Å². The van der Waals surface area contributed by atoms with Crippen molar-refractivity contribution in [1.82, 2.24) is 9.55 Å². The summed E-state index contributed by atoms with van der Waals surface area (Å²) < 4.78 is 95.6. The average Bonchev–Trinajstić information content (AvgIpc) is 3.18. The molecule has 4 rings (SSSR count). The molecule has 0 aliphatic heterocycles. The summed E-state index contributed by atoms with van der Waals surface area (Å²) in [5, 5.41) is 0.114. The molecule has 0 atom stereocenters. The van der Waals surface area contributed by atoms with E-state index < -0.39 is 35.2 Å². The number of imidazole rings is 1. The highest BCUT2D eigenvalue weighted by Gasteiger charge is 2.33. The smallest absolute Gasteiger partial charge is 0.308 e. The van der Waals surface area contributed by atoms with Crippen molar-refractivity contribution in [2.45, 2.75) is 31.5 Å². The van der Waals surface area contributed by atoms with Gasteiger partial charge in [-0.2, -0.15) is 26.3 Å². The van der Waals surface area contributed by atoms with E-state index in [0.717, 1.165) is 30.3 Å². The van der Waals surface area contributed by atoms with Crippen LogP contribution in [0.15, 0.2) is 72.9 Å². The van der Waals surface area contributed by atoms with Crippen LogP contribution in [0.25, 0.3) is 5.69 Å². The van der Waals surface area contributed by atoms with Crippen LogP contribution in [-0.2, 0) is 12.4 Å². The first-order chi connectivity index (χ1) is 17.3. The van der Waals surface area contributed by atoms with E-state index in [2.05, 4.69) is 4.98 Å². The molecular weight excluding hydrogens is 520 g/mol. The summed E-state index contributed by atoms with van der Waals surface area (Å²) >= 11 is 6.22. The fourth-order valence-corrected chi connectivity index (χ4v) is 4.38. The van der Waals surface area contributed by atoms with Gasteiger partial charge in [0.1, 0.15) is 5.82 Å². The molecule has 11 heteroatoms. The molecule has 0 spiro atoms. The number of benzene rings is 3. The monoisotopic (exact) mass is 537 g/mol. The topological polar surface area (TPSA) is 17.8 Å². The summed E-state index contributed by atoms with van der Waals surface area (Å²) in [5.74, 6) is -1.38. The molecule has 0 unspecified atom stereocenters. The number of halogens is 8. The maximum atomic E-state index is 13.6. The van der Waals surface area contributed by atoms with Crippen LogP contribution in [0.2, 0.25) is 11.3 Å². The number of aromatic nitrogens is 2. The molecule has 37 heavy (non-hydrogen) atoms. The molecule has 0 fully saturated rings. The van der Waals surface area contributed by atoms with Crippen molar-refractivity contribution in [3.63, 3.8) is 0 Å². The van der Waals surface area contributed by atoms with Crippen molar-refractivity contribution in [2.24, 2.45) is 0 Å². The van der Waals surface area contributed by atoms with E-state index in [9.17, 15) is 30.7 Å². The van der Waals surface area contributed by atoms with Crippen LogP contribution >= 0.6 is 11.6 Å². The lowest BCUT2D eigenvalue weighted by Crippen LogP contribution is -2.28. The van der Waals surface area contributed by atoms with Crippen molar-refractivity contribution in [3.05, 3.63) is 112 Å². The molecule has 3 aromatic carbocycles. The molecule has 0 bridgehead atoms. The van der Waals surface area contributed by atoms with Gasteiger partial charge in [-0.25, -0.2) is 4.39 Å². The fraction of sp³-hybridized carbons (Fsp3) is 0.192. The summed E-state index contributed by atoms with van der Waals surface area (Å²) in [6, 6.07) is 12.8. The average molecular weight is 538 g/mol. The van der Waals surface area contributed by atoms with Crippen molar-refractivity contribution < 1.29 is 30.7 Å². The molecule has 4 aromatic rings. The lowest BCUT2D eigenvalue weighted by molar-refractivity contribution is -0.138. The van der Waals surface area contributed by atoms with Crippen molar-refractivity contribution >= 4 is 24.6 Å². The van der Waals surface area contributed by atoms with Crippen LogP contribution in [0.3, 0.4) is 0 Å². The van der Waals surface area contributed by atoms with E-state index in [4.69, 9.17) is 11.6 Å². The number of hydrogen-bond donors (Lipinski definition) is 0. The summed E-state index contributed by atoms with van der Waals surface area (Å²) in [5.41, 5.74) is 0.0123. The standard InChI is InChI=1S/C26H18BClF7N2/c1-15-14-36-24(37(15)23-9-8-20(29)12-22(23)28)27-13-21(16-4-2-6-18(10-16)25(30,31)32)17-5-3-7-19(11-17)26(33,34)35/h2-12,14,21H,13H2,1H3. The lowest BCUT2D eigenvalue weighted by Gasteiger charge is -2.21. The third kappa shape index (κ3) is 6.01. The maximum absolute atomic E-state index is 13.6. The van der Waals surface area contributed by atoms with Crippen molar-refractivity contribution in [1.29, 1.82) is 0 Å². The largest absolute Gasteiger partial charge is 0.416 e. The molecule has 1 aromatic heterocycles. The minimum absolute atomic E-state index is 0.0257. The van der Waals surface area contributed by atoms with Crippen molar-refractivity contribution in [2.75, 3.05) is 0 Å². The third-order valence-corrected chi connectivity index (χ3v) is 6.19. The van der Waals surface area contributed by atoms with Gasteiger partial charge in [0, 0.05) is 17.8 Å². The first-order valence-electron chi connectivity index (χ1n) is 11.0. The van der Waals surface area contributed by atoms with E-state index in [0.29, 0.717) is 17.1 Å². The number of aryl methyl sites for hydroxylation is 1. The molecule has 0 aliphatic rings. The second-order valence-electron chi connectivity index (χ2n) is 8.43. The van der Waals surface area contributed by atoms with Gasteiger partial charge in [-0.1, -0.05) is 54.3 Å². The number of hydrogen-bond acceptors (Lipinski definition) is 1. The summed E-state index contributed by atoms with van der Waals surface area (Å²) in [4.78, 5) is 4.32. The Kier molecular flexibility index (Phi) is 7.42. The van der Waals surface area contributed by atoms with Crippen LogP contribution in [-0.4, -0.2) is 16.8 Å². The van der Waals surface area contributed by atoms with Gasteiger partial charge in [0.15, 0.2) is 0 Å². The van der Waals surface area contributed by atoms with Crippen LogP contribution < -0.4 is 5.72 Å². The van der Waals surface area contributed by atoms with Gasteiger partial charge in [0.25, 0.3) is 0 Å². The highest BCUT2D eigenvalue weighted by atomic mass is 35.5. The summed E-state index contributed by atoms with van der Waals surface area (Å²) in [6.45, 7) is 1.74. The molecule has 1 heterocycles. The van der Waals surface area contributed by atoms with Gasteiger partial charge in [-0.15, -0.1) is 0 Å². The van der Waals surface area contributed by atoms with E-state index in [1.54, 1.807) is 18.8 Å². The van der Waals surface area contributed by atoms with Crippen LogP contribution in [0.1, 0.15) is 33.9 Å². The number of alkyl halides is 6. The summed E-state index contributed by atoms with van der Waals surface area (Å²) in [7, 11) is 1.61. The molecule has 2 nitrogen and oxygen atoms in total. The van der Waals surface area contributed by atoms with Gasteiger partial charge >= 0.3 is 12.4 Å². The second-order valence-corrected chi connectivity index (χ2v) is 8.83. The van der Waals surface area contributed by atoms with Gasteiger partial charge < -0.3 is 4.57 Å². The van der Waals surface area contributed by atoms with Crippen LogP contribution in [0, 0.1) is 12.7 Å². The predicted octanol–water partition coefficient (Wildman–Crippen LogP) is 7.59. The van der Waals surface area contributed by atoms with Crippen molar-refractivity contribution in [3.8, 4) is 5.69 Å². The lowest BCUT2D eigenvalue weighted by atomic mass is 9.65. The highest BCUT2D eigenvalue weighted by molar-refractivity contribution is 6.52. The first-order valence-corrected chi connectivity index (χ1v) is 11.4. The van der Waals surface area contributed by atoms with E-state index in [1.807, 2.05) is 0 Å². The zero-order valence-corrected chi connectivity index (χ0v) is 20.0. The Hall–Kier alpha value is -3.27. The minimum atomic E-state index is -4.62. The molecule has 0 aliphatic carbocycles. The Labute approximate surface area is 214 Å². The predicted molar refractivity (Wildman–Crippen MR) is 128 cm³/mol. The molecular formula is C26H18BClF7N2. The Morgan fingerprint density at radius 1 is 0.865 bits per heavy atom. The van der Waals surface area contributed by atoms with E-state index in [-0.39, 0.29) is 22.5 Å². The Bertz CT molecular complexity index is 1360. The van der Waals surface area contributed by atoms with Gasteiger partial charge in [0.05, 0.1) is 27.6 Å². The first kappa shape index (κ1) is 26.8. The molecule has 191 valence electrons.